The molecule has 0 fully saturated rings. The van der Waals surface area contributed by atoms with Gasteiger partial charge in [0.05, 0.1) is 6.42 Å². The van der Waals surface area contributed by atoms with E-state index in [1.165, 1.54) is 12.1 Å². The molecule has 2 N–H and O–H groups in total. The first-order chi connectivity index (χ1) is 8.61. The van der Waals surface area contributed by atoms with Crippen molar-refractivity contribution < 1.29 is 14.3 Å². The summed E-state index contributed by atoms with van der Waals surface area (Å²) in [7, 11) is 0. The van der Waals surface area contributed by atoms with E-state index >= 15 is 0 Å². The molecular formula is C14H20FNO2. The second-order valence-electron chi connectivity index (χ2n) is 4.43. The summed E-state index contributed by atoms with van der Waals surface area (Å²) in [5.74, 6) is -1.08. The fourth-order valence-corrected chi connectivity index (χ4v) is 1.82. The van der Waals surface area contributed by atoms with Crippen molar-refractivity contribution in [2.24, 2.45) is 0 Å². The summed E-state index contributed by atoms with van der Waals surface area (Å²) < 4.78 is 12.8. The Morgan fingerprint density at radius 3 is 2.61 bits per heavy atom. The van der Waals surface area contributed by atoms with E-state index in [2.05, 4.69) is 12.2 Å². The van der Waals surface area contributed by atoms with E-state index in [-0.39, 0.29) is 18.3 Å². The van der Waals surface area contributed by atoms with Gasteiger partial charge < -0.3 is 10.4 Å². The van der Waals surface area contributed by atoms with Crippen LogP contribution in [-0.4, -0.2) is 23.7 Å². The lowest BCUT2D eigenvalue weighted by molar-refractivity contribution is -0.137. The number of rotatable bonds is 8. The number of hydrogen-bond donors (Lipinski definition) is 2. The number of carbonyl (C=O) groups is 1. The zero-order valence-corrected chi connectivity index (χ0v) is 10.7. The number of aliphatic carboxylic acids is 1. The lowest BCUT2D eigenvalue weighted by atomic mass is 10.0. The summed E-state index contributed by atoms with van der Waals surface area (Å²) in [5.41, 5.74) is 0.951. The Hall–Kier alpha value is -1.42. The highest BCUT2D eigenvalue weighted by Crippen LogP contribution is 2.08. The third-order valence-corrected chi connectivity index (χ3v) is 2.78. The van der Waals surface area contributed by atoms with Gasteiger partial charge in [-0.2, -0.15) is 0 Å². The van der Waals surface area contributed by atoms with E-state index in [4.69, 9.17) is 5.11 Å². The topological polar surface area (TPSA) is 49.3 Å². The molecule has 1 atom stereocenters. The Morgan fingerprint density at radius 1 is 1.39 bits per heavy atom. The molecule has 0 radical (unpaired) electrons. The fourth-order valence-electron chi connectivity index (χ4n) is 1.82. The van der Waals surface area contributed by atoms with E-state index in [9.17, 15) is 9.18 Å². The number of carboxylic acid groups (broad SMARTS) is 1. The highest BCUT2D eigenvalue weighted by atomic mass is 19.1. The molecule has 1 aromatic rings. The zero-order chi connectivity index (χ0) is 13.4. The first kappa shape index (κ1) is 14.6. The number of halogens is 1. The van der Waals surface area contributed by atoms with E-state index < -0.39 is 5.97 Å². The highest BCUT2D eigenvalue weighted by molar-refractivity contribution is 5.67. The Labute approximate surface area is 107 Å². The standard InChI is InChI=1S/C14H20FNO2/c1-2-3-8-16-13(10-14(17)18)9-11-4-6-12(15)7-5-11/h4-7,13,16H,2-3,8-10H2,1H3,(H,17,18). The Kier molecular flexibility index (Phi) is 6.36. The van der Waals surface area contributed by atoms with E-state index in [1.807, 2.05) is 0 Å². The summed E-state index contributed by atoms with van der Waals surface area (Å²) >= 11 is 0. The van der Waals surface area contributed by atoms with Crippen LogP contribution in [0.5, 0.6) is 0 Å². The van der Waals surface area contributed by atoms with Crippen molar-refractivity contribution in [1.29, 1.82) is 0 Å². The van der Waals surface area contributed by atoms with Crippen LogP contribution in [0.4, 0.5) is 4.39 Å². The second-order valence-corrected chi connectivity index (χ2v) is 4.43. The molecule has 4 heteroatoms. The molecule has 0 aliphatic rings. The molecule has 0 spiro atoms. The van der Waals surface area contributed by atoms with Crippen molar-refractivity contribution in [3.63, 3.8) is 0 Å². The largest absolute Gasteiger partial charge is 0.481 e. The minimum absolute atomic E-state index is 0.0844. The fraction of sp³-hybridized carbons (Fsp3) is 0.500. The third-order valence-electron chi connectivity index (χ3n) is 2.78. The maximum atomic E-state index is 12.8. The molecule has 100 valence electrons. The molecular weight excluding hydrogens is 233 g/mol. The number of hydrogen-bond acceptors (Lipinski definition) is 2. The van der Waals surface area contributed by atoms with Crippen LogP contribution in [0.15, 0.2) is 24.3 Å². The first-order valence-electron chi connectivity index (χ1n) is 6.31. The van der Waals surface area contributed by atoms with Gasteiger partial charge in [-0.05, 0) is 37.1 Å². The molecule has 0 aliphatic carbocycles. The average Bonchev–Trinajstić information content (AvgIpc) is 2.31. The first-order valence-corrected chi connectivity index (χ1v) is 6.31. The number of nitrogens with one attached hydrogen (secondary N) is 1. The van der Waals surface area contributed by atoms with Crippen LogP contribution in [0.2, 0.25) is 0 Å². The lowest BCUT2D eigenvalue weighted by Crippen LogP contribution is -2.34. The van der Waals surface area contributed by atoms with Gasteiger partial charge in [-0.15, -0.1) is 0 Å². The monoisotopic (exact) mass is 253 g/mol. The molecule has 1 aromatic carbocycles. The van der Waals surface area contributed by atoms with Crippen LogP contribution in [0, 0.1) is 5.82 Å². The molecule has 0 bridgehead atoms. The van der Waals surface area contributed by atoms with Gasteiger partial charge in [-0.1, -0.05) is 25.5 Å². The van der Waals surface area contributed by atoms with Crippen LogP contribution >= 0.6 is 0 Å². The number of benzene rings is 1. The van der Waals surface area contributed by atoms with Crippen LogP contribution in [0.25, 0.3) is 0 Å². The quantitative estimate of drug-likeness (QED) is 0.700. The maximum absolute atomic E-state index is 12.8. The Bertz CT molecular complexity index is 365. The molecule has 0 saturated heterocycles. The van der Waals surface area contributed by atoms with Gasteiger partial charge in [0.1, 0.15) is 5.82 Å². The lowest BCUT2D eigenvalue weighted by Gasteiger charge is -2.16. The average molecular weight is 253 g/mol. The SMILES string of the molecule is CCCCNC(CC(=O)O)Cc1ccc(F)cc1. The van der Waals surface area contributed by atoms with Gasteiger partial charge >= 0.3 is 5.97 Å². The normalized spacial score (nSPS) is 12.3. The zero-order valence-electron chi connectivity index (χ0n) is 10.7. The smallest absolute Gasteiger partial charge is 0.304 e. The second kappa shape index (κ2) is 7.82. The van der Waals surface area contributed by atoms with Gasteiger partial charge in [-0.3, -0.25) is 4.79 Å². The molecule has 3 nitrogen and oxygen atoms in total. The minimum atomic E-state index is -0.814. The van der Waals surface area contributed by atoms with Crippen LogP contribution in [-0.2, 0) is 11.2 Å². The van der Waals surface area contributed by atoms with E-state index in [1.54, 1.807) is 12.1 Å². The van der Waals surface area contributed by atoms with Crippen LogP contribution < -0.4 is 5.32 Å². The molecule has 0 amide bonds. The van der Waals surface area contributed by atoms with Crippen LogP contribution in [0.1, 0.15) is 31.7 Å². The Balaban J connectivity index is 2.53. The van der Waals surface area contributed by atoms with Crippen molar-refractivity contribution in [1.82, 2.24) is 5.32 Å². The molecule has 0 aliphatic heterocycles. The predicted molar refractivity (Wildman–Crippen MR) is 69.1 cm³/mol. The highest BCUT2D eigenvalue weighted by Gasteiger charge is 2.13. The summed E-state index contributed by atoms with van der Waals surface area (Å²) in [6.07, 6.45) is 2.79. The molecule has 18 heavy (non-hydrogen) atoms. The third kappa shape index (κ3) is 5.77. The summed E-state index contributed by atoms with van der Waals surface area (Å²) in [5, 5.41) is 12.1. The molecule has 0 aromatic heterocycles. The molecule has 1 unspecified atom stereocenters. The van der Waals surface area contributed by atoms with E-state index in [0.717, 1.165) is 24.9 Å². The maximum Gasteiger partial charge on any atom is 0.304 e. The van der Waals surface area contributed by atoms with Gasteiger partial charge in [0.25, 0.3) is 0 Å². The summed E-state index contributed by atoms with van der Waals surface area (Å²) in [6, 6.07) is 6.11. The van der Waals surface area contributed by atoms with Gasteiger partial charge in [-0.25, -0.2) is 4.39 Å². The van der Waals surface area contributed by atoms with E-state index in [0.29, 0.717) is 6.42 Å². The van der Waals surface area contributed by atoms with Crippen LogP contribution in [0.3, 0.4) is 0 Å². The number of carboxylic acids is 1. The molecule has 1 rings (SSSR count). The van der Waals surface area contributed by atoms with Crippen molar-refractivity contribution in [2.75, 3.05) is 6.54 Å². The van der Waals surface area contributed by atoms with Crippen molar-refractivity contribution in [3.8, 4) is 0 Å². The Morgan fingerprint density at radius 2 is 2.06 bits per heavy atom. The van der Waals surface area contributed by atoms with Gasteiger partial charge in [0.2, 0.25) is 0 Å². The van der Waals surface area contributed by atoms with Gasteiger partial charge in [0.15, 0.2) is 0 Å². The summed E-state index contributed by atoms with van der Waals surface area (Å²) in [4.78, 5) is 10.8. The minimum Gasteiger partial charge on any atom is -0.481 e. The molecule has 0 heterocycles. The summed E-state index contributed by atoms with van der Waals surface area (Å²) in [6.45, 7) is 2.91. The number of unbranched alkanes of at least 4 members (excludes halogenated alkanes) is 1. The van der Waals surface area contributed by atoms with Crippen molar-refractivity contribution in [3.05, 3.63) is 35.6 Å². The molecule has 0 saturated carbocycles. The van der Waals surface area contributed by atoms with Crippen molar-refractivity contribution in [2.45, 2.75) is 38.6 Å². The van der Waals surface area contributed by atoms with Gasteiger partial charge in [0, 0.05) is 6.04 Å². The van der Waals surface area contributed by atoms with Crippen molar-refractivity contribution >= 4 is 5.97 Å². The predicted octanol–water partition coefficient (Wildman–Crippen LogP) is 2.60.